The van der Waals surface area contributed by atoms with Crippen LogP contribution in [0, 0.1) is 0 Å². The van der Waals surface area contributed by atoms with Gasteiger partial charge in [-0.2, -0.15) is 0 Å². The van der Waals surface area contributed by atoms with Gasteiger partial charge in [-0.05, 0) is 39.1 Å². The standard InChI is InChI=1S/C26H20ClNO3/c27-24-15-20(23-12-6-10-19-9-4-5-11-22(19)23)13-14-21(24)17-28(25(29)26(30)31)16-18-7-2-1-3-8-18/h1-15H,16-17H2,(H,30,31). The van der Waals surface area contributed by atoms with E-state index in [1.807, 2.05) is 72.8 Å². The molecule has 4 aromatic rings. The highest BCUT2D eigenvalue weighted by molar-refractivity contribution is 6.32. The van der Waals surface area contributed by atoms with Crippen molar-refractivity contribution >= 4 is 34.2 Å². The summed E-state index contributed by atoms with van der Waals surface area (Å²) in [6.07, 6.45) is 0. The largest absolute Gasteiger partial charge is 0.474 e. The van der Waals surface area contributed by atoms with Crippen molar-refractivity contribution < 1.29 is 14.7 Å². The van der Waals surface area contributed by atoms with E-state index in [2.05, 4.69) is 18.2 Å². The third-order valence-corrected chi connectivity index (χ3v) is 5.55. The van der Waals surface area contributed by atoms with Gasteiger partial charge < -0.3 is 10.0 Å². The first-order chi connectivity index (χ1) is 15.0. The number of benzene rings is 4. The number of fused-ring (bicyclic) bond motifs is 1. The molecule has 4 rings (SSSR count). The molecule has 0 aliphatic heterocycles. The van der Waals surface area contributed by atoms with Gasteiger partial charge in [0.1, 0.15) is 0 Å². The van der Waals surface area contributed by atoms with Crippen molar-refractivity contribution in [3.63, 3.8) is 0 Å². The lowest BCUT2D eigenvalue weighted by molar-refractivity contribution is -0.156. The summed E-state index contributed by atoms with van der Waals surface area (Å²) in [6, 6.07) is 29.2. The molecule has 4 aromatic carbocycles. The summed E-state index contributed by atoms with van der Waals surface area (Å²) in [5, 5.41) is 12.0. The number of halogens is 1. The smallest absolute Gasteiger partial charge is 0.394 e. The van der Waals surface area contributed by atoms with Crippen LogP contribution in [0.15, 0.2) is 91.0 Å². The van der Waals surface area contributed by atoms with Crippen LogP contribution in [0.3, 0.4) is 0 Å². The van der Waals surface area contributed by atoms with Crippen molar-refractivity contribution in [1.29, 1.82) is 0 Å². The second kappa shape index (κ2) is 9.02. The Morgan fingerprint density at radius 3 is 2.26 bits per heavy atom. The monoisotopic (exact) mass is 429 g/mol. The van der Waals surface area contributed by atoms with Gasteiger partial charge in [0.2, 0.25) is 0 Å². The van der Waals surface area contributed by atoms with Gasteiger partial charge in [0, 0.05) is 18.1 Å². The average Bonchev–Trinajstić information content (AvgIpc) is 2.79. The fourth-order valence-corrected chi connectivity index (χ4v) is 3.90. The van der Waals surface area contributed by atoms with E-state index in [9.17, 15) is 14.7 Å². The summed E-state index contributed by atoms with van der Waals surface area (Å²) in [6.45, 7) is 0.294. The predicted octanol–water partition coefficient (Wildman–Crippen LogP) is 5.77. The number of hydrogen-bond acceptors (Lipinski definition) is 2. The van der Waals surface area contributed by atoms with E-state index in [1.54, 1.807) is 0 Å². The van der Waals surface area contributed by atoms with Crippen molar-refractivity contribution in [2.75, 3.05) is 0 Å². The molecule has 0 saturated heterocycles. The minimum absolute atomic E-state index is 0.106. The van der Waals surface area contributed by atoms with Crippen molar-refractivity contribution in [3.05, 3.63) is 107 Å². The van der Waals surface area contributed by atoms with Gasteiger partial charge in [-0.3, -0.25) is 4.79 Å². The van der Waals surface area contributed by atoms with Crippen LogP contribution in [0.2, 0.25) is 5.02 Å². The molecule has 4 nitrogen and oxygen atoms in total. The van der Waals surface area contributed by atoms with E-state index in [4.69, 9.17) is 11.6 Å². The van der Waals surface area contributed by atoms with E-state index >= 15 is 0 Å². The van der Waals surface area contributed by atoms with Crippen molar-refractivity contribution in [2.24, 2.45) is 0 Å². The summed E-state index contributed by atoms with van der Waals surface area (Å²) in [5.74, 6) is -2.45. The quantitative estimate of drug-likeness (QED) is 0.409. The zero-order valence-electron chi connectivity index (χ0n) is 16.7. The van der Waals surface area contributed by atoms with E-state index in [1.165, 1.54) is 4.90 Å². The number of aliphatic carboxylic acids is 1. The van der Waals surface area contributed by atoms with Crippen LogP contribution in [0.25, 0.3) is 21.9 Å². The highest BCUT2D eigenvalue weighted by atomic mass is 35.5. The third-order valence-electron chi connectivity index (χ3n) is 5.20. The maximum atomic E-state index is 12.3. The molecule has 31 heavy (non-hydrogen) atoms. The molecule has 0 radical (unpaired) electrons. The summed E-state index contributed by atoms with van der Waals surface area (Å²) in [5.41, 5.74) is 3.57. The van der Waals surface area contributed by atoms with Crippen LogP contribution >= 0.6 is 11.6 Å². The van der Waals surface area contributed by atoms with E-state index in [0.29, 0.717) is 10.6 Å². The molecule has 0 spiro atoms. The Morgan fingerprint density at radius 2 is 1.52 bits per heavy atom. The molecule has 0 aromatic heterocycles. The normalized spacial score (nSPS) is 10.7. The molecule has 0 saturated carbocycles. The minimum atomic E-state index is -1.49. The van der Waals surface area contributed by atoms with Crippen molar-refractivity contribution in [1.82, 2.24) is 4.90 Å². The van der Waals surface area contributed by atoms with Crippen LogP contribution in [0.5, 0.6) is 0 Å². The lowest BCUT2D eigenvalue weighted by Crippen LogP contribution is -2.35. The molecule has 5 heteroatoms. The number of hydrogen-bond donors (Lipinski definition) is 1. The van der Waals surface area contributed by atoms with Crippen LogP contribution in [0.1, 0.15) is 11.1 Å². The molecule has 0 bridgehead atoms. The highest BCUT2D eigenvalue weighted by Gasteiger charge is 2.22. The van der Waals surface area contributed by atoms with Gasteiger partial charge in [0.25, 0.3) is 0 Å². The molecule has 0 fully saturated rings. The summed E-state index contributed by atoms with van der Waals surface area (Å²) in [7, 11) is 0. The maximum absolute atomic E-state index is 12.3. The van der Waals surface area contributed by atoms with Crippen LogP contribution < -0.4 is 0 Å². The molecule has 0 aliphatic rings. The number of carboxylic acid groups (broad SMARTS) is 1. The first-order valence-electron chi connectivity index (χ1n) is 9.85. The molecule has 0 heterocycles. The molecule has 1 N–H and O–H groups in total. The zero-order chi connectivity index (χ0) is 21.8. The van der Waals surface area contributed by atoms with Gasteiger partial charge >= 0.3 is 11.9 Å². The molecule has 0 aliphatic carbocycles. The Morgan fingerprint density at radius 1 is 0.806 bits per heavy atom. The van der Waals surface area contributed by atoms with Crippen molar-refractivity contribution in [2.45, 2.75) is 13.1 Å². The number of amides is 1. The van der Waals surface area contributed by atoms with Gasteiger partial charge in [-0.1, -0.05) is 96.5 Å². The fourth-order valence-electron chi connectivity index (χ4n) is 3.66. The van der Waals surface area contributed by atoms with Crippen LogP contribution in [-0.2, 0) is 22.7 Å². The fraction of sp³-hybridized carbons (Fsp3) is 0.0769. The van der Waals surface area contributed by atoms with Gasteiger partial charge in [-0.25, -0.2) is 4.79 Å². The van der Waals surface area contributed by atoms with Crippen LogP contribution in [-0.4, -0.2) is 21.9 Å². The second-order valence-corrected chi connectivity index (χ2v) is 7.69. The molecule has 0 unspecified atom stereocenters. The summed E-state index contributed by atoms with van der Waals surface area (Å²) < 4.78 is 0. The summed E-state index contributed by atoms with van der Waals surface area (Å²) >= 11 is 6.58. The first kappa shape index (κ1) is 20.6. The highest BCUT2D eigenvalue weighted by Crippen LogP contribution is 2.32. The van der Waals surface area contributed by atoms with Crippen molar-refractivity contribution in [3.8, 4) is 11.1 Å². The number of carboxylic acids is 1. The Labute approximate surface area is 185 Å². The van der Waals surface area contributed by atoms with Gasteiger partial charge in [0.15, 0.2) is 0 Å². The minimum Gasteiger partial charge on any atom is -0.474 e. The maximum Gasteiger partial charge on any atom is 0.394 e. The average molecular weight is 430 g/mol. The predicted molar refractivity (Wildman–Crippen MR) is 123 cm³/mol. The second-order valence-electron chi connectivity index (χ2n) is 7.28. The lowest BCUT2D eigenvalue weighted by atomic mass is 9.97. The Kier molecular flexibility index (Phi) is 6.01. The van der Waals surface area contributed by atoms with E-state index in [0.717, 1.165) is 27.5 Å². The molecule has 0 atom stereocenters. The Balaban J connectivity index is 1.64. The Hall–Kier alpha value is -3.63. The van der Waals surface area contributed by atoms with E-state index < -0.39 is 11.9 Å². The van der Waals surface area contributed by atoms with Crippen LogP contribution in [0.4, 0.5) is 0 Å². The SMILES string of the molecule is O=C(O)C(=O)N(Cc1ccccc1)Cc1ccc(-c2cccc3ccccc23)cc1Cl. The topological polar surface area (TPSA) is 57.6 Å². The van der Waals surface area contributed by atoms with Gasteiger partial charge in [-0.15, -0.1) is 0 Å². The first-order valence-corrected chi connectivity index (χ1v) is 10.2. The zero-order valence-corrected chi connectivity index (χ0v) is 17.4. The lowest BCUT2D eigenvalue weighted by Gasteiger charge is -2.22. The Bertz CT molecular complexity index is 1250. The summed E-state index contributed by atoms with van der Waals surface area (Å²) in [4.78, 5) is 24.9. The number of carbonyl (C=O) groups excluding carboxylic acids is 1. The van der Waals surface area contributed by atoms with E-state index in [-0.39, 0.29) is 13.1 Å². The molecular formula is C26H20ClNO3. The third kappa shape index (κ3) is 4.60. The molecule has 1 amide bonds. The number of carbonyl (C=O) groups is 2. The van der Waals surface area contributed by atoms with Gasteiger partial charge in [0.05, 0.1) is 0 Å². The molecule has 154 valence electrons. The number of nitrogens with zero attached hydrogens (tertiary/aromatic N) is 1. The molecular weight excluding hydrogens is 410 g/mol. The number of rotatable bonds is 5.